The van der Waals surface area contributed by atoms with Crippen LogP contribution >= 0.6 is 0 Å². The van der Waals surface area contributed by atoms with Crippen LogP contribution in [0.1, 0.15) is 10.4 Å². The zero-order chi connectivity index (χ0) is 14.2. The number of anilines is 1. The molecule has 1 N–H and O–H groups in total. The minimum Gasteiger partial charge on any atom is -0.478 e. The highest BCUT2D eigenvalue weighted by Crippen LogP contribution is 2.26. The fourth-order valence-electron chi connectivity index (χ4n) is 1.61. The lowest BCUT2D eigenvalue weighted by Gasteiger charge is -2.14. The summed E-state index contributed by atoms with van der Waals surface area (Å²) in [5, 5.41) is 19.6. The van der Waals surface area contributed by atoms with Crippen LogP contribution in [-0.4, -0.2) is 27.8 Å². The Morgan fingerprint density at radius 2 is 1.74 bits per heavy atom. The maximum atomic E-state index is 11.4. The van der Waals surface area contributed by atoms with E-state index in [0.29, 0.717) is 4.90 Å². The number of non-ortho nitro benzene ring substituents is 1. The molecule has 19 heavy (non-hydrogen) atoms. The van der Waals surface area contributed by atoms with Crippen molar-refractivity contribution in [2.24, 2.45) is 0 Å². The van der Waals surface area contributed by atoms with Gasteiger partial charge in [0.25, 0.3) is 17.5 Å². The number of rotatable bonds is 3. The number of imide groups is 1. The van der Waals surface area contributed by atoms with E-state index in [4.69, 9.17) is 5.11 Å². The van der Waals surface area contributed by atoms with Crippen molar-refractivity contribution in [3.05, 3.63) is 46.0 Å². The van der Waals surface area contributed by atoms with Gasteiger partial charge in [-0.25, -0.2) is 9.69 Å². The molecule has 8 nitrogen and oxygen atoms in total. The summed E-state index contributed by atoms with van der Waals surface area (Å²) >= 11 is 0. The zero-order valence-electron chi connectivity index (χ0n) is 9.27. The van der Waals surface area contributed by atoms with Crippen LogP contribution in [0.2, 0.25) is 0 Å². The number of hydrogen-bond acceptors (Lipinski definition) is 5. The molecule has 0 fully saturated rings. The molecule has 0 unspecified atom stereocenters. The minimum atomic E-state index is -1.39. The van der Waals surface area contributed by atoms with Gasteiger partial charge in [0.2, 0.25) is 0 Å². The van der Waals surface area contributed by atoms with E-state index in [1.54, 1.807) is 0 Å². The van der Waals surface area contributed by atoms with Gasteiger partial charge in [-0.05, 0) is 6.07 Å². The number of carboxylic acid groups (broad SMARTS) is 1. The van der Waals surface area contributed by atoms with E-state index in [1.807, 2.05) is 0 Å². The Bertz CT molecular complexity index is 598. The van der Waals surface area contributed by atoms with Crippen molar-refractivity contribution in [1.82, 2.24) is 0 Å². The van der Waals surface area contributed by atoms with Gasteiger partial charge >= 0.3 is 5.97 Å². The molecule has 0 radical (unpaired) electrons. The Hall–Kier alpha value is -3.03. The molecule has 96 valence electrons. The van der Waals surface area contributed by atoms with Crippen molar-refractivity contribution >= 4 is 29.2 Å². The highest BCUT2D eigenvalue weighted by molar-refractivity contribution is 6.28. The number of benzene rings is 1. The topological polar surface area (TPSA) is 118 Å². The lowest BCUT2D eigenvalue weighted by molar-refractivity contribution is -0.384. The van der Waals surface area contributed by atoms with Gasteiger partial charge in [-0.15, -0.1) is 0 Å². The zero-order valence-corrected chi connectivity index (χ0v) is 9.27. The number of carboxylic acids is 1. The standard InChI is InChI=1S/C11H6N2O6/c14-9-1-2-10(15)12(9)7-3-6(11(16)17)4-8(5-7)13(18)19/h1-5H,(H,16,17). The minimum absolute atomic E-state index is 0.147. The molecule has 1 aliphatic heterocycles. The highest BCUT2D eigenvalue weighted by Gasteiger charge is 2.27. The van der Waals surface area contributed by atoms with Crippen LogP contribution in [-0.2, 0) is 9.59 Å². The van der Waals surface area contributed by atoms with Crippen molar-refractivity contribution in [2.75, 3.05) is 4.90 Å². The van der Waals surface area contributed by atoms with E-state index in [1.165, 1.54) is 0 Å². The number of carbonyl (C=O) groups is 3. The molecule has 2 rings (SSSR count). The predicted molar refractivity (Wildman–Crippen MR) is 61.7 cm³/mol. The SMILES string of the molecule is O=C(O)c1cc(N2C(=O)C=CC2=O)cc([N+](=O)[O-])c1. The molecule has 0 aromatic heterocycles. The molecule has 0 spiro atoms. The average molecular weight is 262 g/mol. The van der Waals surface area contributed by atoms with Gasteiger partial charge in [-0.2, -0.15) is 0 Å². The number of amides is 2. The van der Waals surface area contributed by atoms with E-state index >= 15 is 0 Å². The van der Waals surface area contributed by atoms with Crippen LogP contribution in [0, 0.1) is 10.1 Å². The van der Waals surface area contributed by atoms with Crippen molar-refractivity contribution in [3.8, 4) is 0 Å². The first-order valence-electron chi connectivity index (χ1n) is 4.99. The molecular formula is C11H6N2O6. The summed E-state index contributed by atoms with van der Waals surface area (Å²) < 4.78 is 0. The van der Waals surface area contributed by atoms with E-state index < -0.39 is 28.4 Å². The van der Waals surface area contributed by atoms with Crippen LogP contribution in [0.5, 0.6) is 0 Å². The summed E-state index contributed by atoms with van der Waals surface area (Å²) in [5.74, 6) is -2.75. The van der Waals surface area contributed by atoms with Gasteiger partial charge in [0.1, 0.15) is 0 Å². The lowest BCUT2D eigenvalue weighted by Crippen LogP contribution is -2.29. The monoisotopic (exact) mass is 262 g/mol. The second-order valence-electron chi connectivity index (χ2n) is 3.65. The van der Waals surface area contributed by atoms with Gasteiger partial charge in [0.05, 0.1) is 16.2 Å². The second kappa shape index (κ2) is 4.33. The van der Waals surface area contributed by atoms with Crippen molar-refractivity contribution < 1.29 is 24.4 Å². The smallest absolute Gasteiger partial charge is 0.336 e. The molecule has 0 saturated carbocycles. The molecule has 0 bridgehead atoms. The van der Waals surface area contributed by atoms with E-state index in [2.05, 4.69) is 0 Å². The third-order valence-electron chi connectivity index (χ3n) is 2.43. The summed E-state index contributed by atoms with van der Waals surface area (Å²) in [7, 11) is 0. The summed E-state index contributed by atoms with van der Waals surface area (Å²) in [4.78, 5) is 44.4. The van der Waals surface area contributed by atoms with Crippen LogP contribution in [0.15, 0.2) is 30.4 Å². The van der Waals surface area contributed by atoms with Gasteiger partial charge < -0.3 is 5.11 Å². The van der Waals surface area contributed by atoms with Crippen LogP contribution in [0.3, 0.4) is 0 Å². The molecular weight excluding hydrogens is 256 g/mol. The Balaban J connectivity index is 2.57. The maximum absolute atomic E-state index is 11.4. The maximum Gasteiger partial charge on any atom is 0.336 e. The first kappa shape index (κ1) is 12.4. The average Bonchev–Trinajstić information content (AvgIpc) is 2.68. The molecule has 1 aromatic carbocycles. The molecule has 1 aliphatic rings. The number of hydrogen-bond donors (Lipinski definition) is 1. The van der Waals surface area contributed by atoms with Crippen molar-refractivity contribution in [2.45, 2.75) is 0 Å². The fraction of sp³-hybridized carbons (Fsp3) is 0. The van der Waals surface area contributed by atoms with E-state index in [9.17, 15) is 24.5 Å². The quantitative estimate of drug-likeness (QED) is 0.487. The Morgan fingerprint density at radius 3 is 2.21 bits per heavy atom. The van der Waals surface area contributed by atoms with Gasteiger partial charge in [-0.1, -0.05) is 0 Å². The first-order valence-corrected chi connectivity index (χ1v) is 4.99. The lowest BCUT2D eigenvalue weighted by atomic mass is 10.1. The Morgan fingerprint density at radius 1 is 1.16 bits per heavy atom. The molecule has 2 amide bonds. The third-order valence-corrected chi connectivity index (χ3v) is 2.43. The summed E-state index contributed by atoms with van der Waals surface area (Å²) in [5.41, 5.74) is -1.04. The molecule has 0 aliphatic carbocycles. The summed E-state index contributed by atoms with van der Waals surface area (Å²) in [6.07, 6.45) is 2.00. The van der Waals surface area contributed by atoms with Crippen molar-refractivity contribution in [1.29, 1.82) is 0 Å². The summed E-state index contributed by atoms with van der Waals surface area (Å²) in [6, 6.07) is 2.84. The highest BCUT2D eigenvalue weighted by atomic mass is 16.6. The van der Waals surface area contributed by atoms with E-state index in [0.717, 1.165) is 30.4 Å². The van der Waals surface area contributed by atoms with Gasteiger partial charge in [0.15, 0.2) is 0 Å². The molecule has 0 saturated heterocycles. The van der Waals surface area contributed by atoms with Crippen molar-refractivity contribution in [3.63, 3.8) is 0 Å². The predicted octanol–water partition coefficient (Wildman–Crippen LogP) is 0.722. The van der Waals surface area contributed by atoms with Crippen LogP contribution in [0.4, 0.5) is 11.4 Å². The van der Waals surface area contributed by atoms with Crippen LogP contribution < -0.4 is 4.90 Å². The van der Waals surface area contributed by atoms with E-state index in [-0.39, 0.29) is 11.3 Å². The first-order chi connectivity index (χ1) is 8.90. The molecule has 0 atom stereocenters. The Labute approximate surface area is 105 Å². The number of nitro groups is 1. The molecule has 1 heterocycles. The largest absolute Gasteiger partial charge is 0.478 e. The van der Waals surface area contributed by atoms with Crippen LogP contribution in [0.25, 0.3) is 0 Å². The second-order valence-corrected chi connectivity index (χ2v) is 3.65. The van der Waals surface area contributed by atoms with Gasteiger partial charge in [0, 0.05) is 24.3 Å². The number of nitrogens with zero attached hydrogens (tertiary/aromatic N) is 2. The van der Waals surface area contributed by atoms with Gasteiger partial charge in [-0.3, -0.25) is 19.7 Å². The normalized spacial score (nSPS) is 14.0. The number of carbonyl (C=O) groups excluding carboxylic acids is 2. The molecule has 8 heteroatoms. The number of nitro benzene ring substituents is 1. The Kier molecular flexibility index (Phi) is 2.83. The number of aromatic carboxylic acids is 1. The fourth-order valence-corrected chi connectivity index (χ4v) is 1.61. The third kappa shape index (κ3) is 2.18. The summed E-state index contributed by atoms with van der Waals surface area (Å²) in [6.45, 7) is 0. The molecule has 1 aromatic rings.